The summed E-state index contributed by atoms with van der Waals surface area (Å²) in [5.41, 5.74) is 9.85. The van der Waals surface area contributed by atoms with E-state index in [4.69, 9.17) is 28.9 Å². The Hall–Kier alpha value is -3.52. The first-order valence-electron chi connectivity index (χ1n) is 12.2. The Bertz CT molecular complexity index is 1370. The van der Waals surface area contributed by atoms with Gasteiger partial charge in [0.15, 0.2) is 0 Å². The first-order valence-corrected chi connectivity index (χ1v) is 12.9. The lowest BCUT2D eigenvalue weighted by Gasteiger charge is -2.33. The van der Waals surface area contributed by atoms with Crippen molar-refractivity contribution in [3.05, 3.63) is 112 Å². The van der Waals surface area contributed by atoms with Crippen LogP contribution in [0.5, 0.6) is 0 Å². The minimum atomic E-state index is -0.320. The maximum Gasteiger partial charge on any atom is 0.255 e. The minimum absolute atomic E-state index is 0.135. The van der Waals surface area contributed by atoms with E-state index >= 15 is 0 Å². The van der Waals surface area contributed by atoms with Gasteiger partial charge in [-0.3, -0.25) is 14.7 Å². The van der Waals surface area contributed by atoms with Crippen LogP contribution in [0, 0.1) is 5.82 Å². The van der Waals surface area contributed by atoms with E-state index in [1.165, 1.54) is 42.4 Å². The summed E-state index contributed by atoms with van der Waals surface area (Å²) in [5, 5.41) is 3.51. The summed E-state index contributed by atoms with van der Waals surface area (Å²) in [4.78, 5) is 23.3. The third kappa shape index (κ3) is 7.28. The zero-order valence-electron chi connectivity index (χ0n) is 20.7. The van der Waals surface area contributed by atoms with Gasteiger partial charge in [-0.05, 0) is 78.9 Å². The van der Waals surface area contributed by atoms with Crippen molar-refractivity contribution in [3.8, 4) is 0 Å². The van der Waals surface area contributed by atoms with Gasteiger partial charge in [0, 0.05) is 36.4 Å². The molecule has 1 saturated heterocycles. The Kier molecular flexibility index (Phi) is 9.29. The summed E-state index contributed by atoms with van der Waals surface area (Å²) in [6, 6.07) is 15.7. The predicted molar refractivity (Wildman–Crippen MR) is 153 cm³/mol. The molecule has 196 valence electrons. The van der Waals surface area contributed by atoms with E-state index in [1.54, 1.807) is 12.1 Å². The maximum absolute atomic E-state index is 14.2. The van der Waals surface area contributed by atoms with Crippen LogP contribution in [0.3, 0.4) is 0 Å². The highest BCUT2D eigenvalue weighted by molar-refractivity contribution is 6.39. The van der Waals surface area contributed by atoms with Crippen LogP contribution >= 0.6 is 23.2 Å². The second kappa shape index (κ2) is 12.8. The Balaban J connectivity index is 1.36. The van der Waals surface area contributed by atoms with Gasteiger partial charge >= 0.3 is 0 Å². The lowest BCUT2D eigenvalue weighted by atomic mass is 9.88. The number of nitrogens with two attached hydrogens (primary N) is 1. The molecule has 2 aromatic carbocycles. The fourth-order valence-corrected chi connectivity index (χ4v) is 4.67. The molecular formula is C29H28Cl2FN5O. The van der Waals surface area contributed by atoms with Crippen LogP contribution in [0.4, 0.5) is 10.1 Å². The summed E-state index contributed by atoms with van der Waals surface area (Å²) in [6.07, 6.45) is 5.92. The molecule has 1 aliphatic rings. The number of carbonyl (C=O) groups excluding carboxylic acids is 1. The molecule has 0 atom stereocenters. The average molecular weight is 552 g/mol. The number of hydrogen-bond acceptors (Lipinski definition) is 5. The molecular weight excluding hydrogens is 524 g/mol. The lowest BCUT2D eigenvalue weighted by molar-refractivity contribution is 0.102. The number of carbonyl (C=O) groups is 1. The minimum Gasteiger partial charge on any atom is -0.403 e. The monoisotopic (exact) mass is 551 g/mol. The van der Waals surface area contributed by atoms with E-state index in [-0.39, 0.29) is 22.8 Å². The van der Waals surface area contributed by atoms with Crippen molar-refractivity contribution in [2.75, 3.05) is 18.4 Å². The fraction of sp³-hybridized carbons (Fsp3) is 0.207. The first kappa shape index (κ1) is 27.5. The number of hydrogen-bond donors (Lipinski definition) is 2. The molecule has 1 fully saturated rings. The molecule has 3 aromatic rings. The van der Waals surface area contributed by atoms with Gasteiger partial charge in [0.05, 0.1) is 10.7 Å². The Morgan fingerprint density at radius 1 is 1.16 bits per heavy atom. The van der Waals surface area contributed by atoms with Gasteiger partial charge in [0.25, 0.3) is 5.91 Å². The highest BCUT2D eigenvalue weighted by Gasteiger charge is 2.24. The summed E-state index contributed by atoms with van der Waals surface area (Å²) in [7, 11) is 0. The van der Waals surface area contributed by atoms with Crippen molar-refractivity contribution >= 4 is 46.7 Å². The van der Waals surface area contributed by atoms with E-state index in [0.717, 1.165) is 43.6 Å². The molecule has 0 aliphatic carbocycles. The molecule has 9 heteroatoms. The first-order chi connectivity index (χ1) is 18.3. The van der Waals surface area contributed by atoms with Crippen LogP contribution in [0.2, 0.25) is 5.15 Å². The van der Waals surface area contributed by atoms with Gasteiger partial charge < -0.3 is 11.1 Å². The molecule has 0 spiro atoms. The van der Waals surface area contributed by atoms with Crippen molar-refractivity contribution in [1.29, 1.82) is 0 Å². The summed E-state index contributed by atoms with van der Waals surface area (Å²) in [5.74, 6) is -0.494. The number of aromatic nitrogens is 1. The van der Waals surface area contributed by atoms with E-state index in [2.05, 4.69) is 38.9 Å². The maximum atomic E-state index is 14.2. The molecule has 0 unspecified atom stereocenters. The molecule has 6 nitrogen and oxygen atoms in total. The van der Waals surface area contributed by atoms with Gasteiger partial charge in [-0.2, -0.15) is 0 Å². The third-order valence-electron chi connectivity index (χ3n) is 6.47. The van der Waals surface area contributed by atoms with E-state index in [9.17, 15) is 9.18 Å². The Morgan fingerprint density at radius 3 is 2.58 bits per heavy atom. The zero-order chi connectivity index (χ0) is 27.1. The number of benzene rings is 2. The number of piperidine rings is 1. The summed E-state index contributed by atoms with van der Waals surface area (Å²) >= 11 is 11.8. The summed E-state index contributed by atoms with van der Waals surface area (Å²) in [6.45, 7) is 6.49. The molecule has 3 N–H and O–H groups in total. The predicted octanol–water partition coefficient (Wildman–Crippen LogP) is 6.59. The van der Waals surface area contributed by atoms with Crippen LogP contribution in [0.25, 0.3) is 5.70 Å². The highest BCUT2D eigenvalue weighted by atomic mass is 35.5. The lowest BCUT2D eigenvalue weighted by Crippen LogP contribution is -2.32. The third-order valence-corrected chi connectivity index (χ3v) is 6.90. The van der Waals surface area contributed by atoms with E-state index in [0.29, 0.717) is 22.0 Å². The molecule has 1 aliphatic heterocycles. The van der Waals surface area contributed by atoms with Gasteiger partial charge in [-0.1, -0.05) is 54.0 Å². The van der Waals surface area contributed by atoms with Crippen molar-refractivity contribution in [1.82, 2.24) is 9.88 Å². The van der Waals surface area contributed by atoms with Gasteiger partial charge in [0.2, 0.25) is 0 Å². The van der Waals surface area contributed by atoms with Gasteiger partial charge in [0.1, 0.15) is 11.0 Å². The number of rotatable bonds is 8. The van der Waals surface area contributed by atoms with Gasteiger partial charge in [-0.25, -0.2) is 9.37 Å². The van der Waals surface area contributed by atoms with Crippen LogP contribution in [0.15, 0.2) is 83.6 Å². The van der Waals surface area contributed by atoms with Crippen molar-refractivity contribution < 1.29 is 9.18 Å². The van der Waals surface area contributed by atoms with Crippen molar-refractivity contribution in [3.63, 3.8) is 0 Å². The molecule has 1 amide bonds. The van der Waals surface area contributed by atoms with Crippen LogP contribution in [-0.2, 0) is 6.54 Å². The number of likely N-dealkylation sites (tertiary alicyclic amines) is 1. The number of pyridine rings is 1. The van der Waals surface area contributed by atoms with Crippen LogP contribution in [0.1, 0.15) is 45.8 Å². The average Bonchev–Trinajstić information content (AvgIpc) is 2.93. The highest BCUT2D eigenvalue weighted by Crippen LogP contribution is 2.34. The molecule has 0 bridgehead atoms. The summed E-state index contributed by atoms with van der Waals surface area (Å²) < 4.78 is 14.2. The number of allylic oxidation sites excluding steroid dienone is 1. The molecule has 1 aromatic heterocycles. The number of amides is 1. The second-order valence-electron chi connectivity index (χ2n) is 9.06. The molecule has 0 radical (unpaired) electrons. The molecule has 2 heterocycles. The van der Waals surface area contributed by atoms with Crippen LogP contribution in [-0.4, -0.2) is 35.1 Å². The molecule has 38 heavy (non-hydrogen) atoms. The Morgan fingerprint density at radius 2 is 1.89 bits per heavy atom. The fourth-order valence-electron chi connectivity index (χ4n) is 4.44. The number of nitrogens with one attached hydrogen (secondary N) is 1. The number of anilines is 1. The number of nitrogens with zero attached hydrogens (tertiary/aromatic N) is 3. The SMILES string of the molecule is C=C(/N=C\C(Cl)=C/N)c1ccc(CN2CCC(c3cc(F)ccc3NC(=O)c3ccnc(Cl)c3)CC2)cc1. The zero-order valence-corrected chi connectivity index (χ0v) is 22.2. The van der Waals surface area contributed by atoms with E-state index in [1.807, 2.05) is 12.1 Å². The number of halogens is 3. The van der Waals surface area contributed by atoms with Crippen molar-refractivity contribution in [2.45, 2.75) is 25.3 Å². The van der Waals surface area contributed by atoms with Crippen molar-refractivity contribution in [2.24, 2.45) is 10.7 Å². The van der Waals surface area contributed by atoms with Crippen LogP contribution < -0.4 is 11.1 Å². The van der Waals surface area contributed by atoms with Gasteiger partial charge in [-0.15, -0.1) is 0 Å². The standard InChI is InChI=1S/C29H28Cl2FN5O/c1-19(35-17-24(30)16-33)21-4-2-20(3-5-21)18-37-12-9-22(10-13-37)26-15-25(32)6-7-27(26)36-29(38)23-8-11-34-28(31)14-23/h2-8,11,14-17,22H,1,9-10,12-13,18,33H2,(H,36,38)/b24-16+,35-17-. The Labute approximate surface area is 231 Å². The van der Waals surface area contributed by atoms with E-state index < -0.39 is 0 Å². The quantitative estimate of drug-likeness (QED) is 0.244. The number of aliphatic imine (C=N–C) groups is 1. The largest absolute Gasteiger partial charge is 0.403 e. The second-order valence-corrected chi connectivity index (χ2v) is 9.88. The topological polar surface area (TPSA) is 83.6 Å². The molecule has 0 saturated carbocycles. The normalized spacial score (nSPS) is 15.1. The smallest absolute Gasteiger partial charge is 0.255 e. The molecule has 4 rings (SSSR count).